The second-order valence-electron chi connectivity index (χ2n) is 3.36. The van der Waals surface area contributed by atoms with Gasteiger partial charge in [-0.3, -0.25) is 4.79 Å². The Hall–Kier alpha value is -1.36. The molecule has 80 valence electrons. The first-order chi connectivity index (χ1) is 7.25. The molecular weight excluding hydrogens is 216 g/mol. The molecule has 2 N–H and O–H groups in total. The van der Waals surface area contributed by atoms with Crippen LogP contribution in [-0.2, 0) is 4.79 Å². The molecule has 0 saturated carbocycles. The van der Waals surface area contributed by atoms with Gasteiger partial charge in [0.05, 0.1) is 17.4 Å². The monoisotopic (exact) mass is 226 g/mol. The lowest BCUT2D eigenvalue weighted by Gasteiger charge is -2.22. The van der Waals surface area contributed by atoms with Crippen molar-refractivity contribution in [3.8, 4) is 0 Å². The summed E-state index contributed by atoms with van der Waals surface area (Å²) in [6.07, 6.45) is 4.77. The number of hydrogen-bond donors (Lipinski definition) is 2. The summed E-state index contributed by atoms with van der Waals surface area (Å²) >= 11 is 5.65. The second kappa shape index (κ2) is 4.44. The first kappa shape index (κ1) is 10.2. The Morgan fingerprint density at radius 1 is 1.47 bits per heavy atom. The molecule has 1 aromatic heterocycles. The van der Waals surface area contributed by atoms with E-state index in [4.69, 9.17) is 11.6 Å². The van der Waals surface area contributed by atoms with Crippen molar-refractivity contribution in [1.82, 2.24) is 15.3 Å². The maximum atomic E-state index is 11.4. The minimum absolute atomic E-state index is 0.000185. The molecular formula is C9H11ClN4O. The Labute approximate surface area is 92.3 Å². The van der Waals surface area contributed by atoms with Crippen molar-refractivity contribution < 1.29 is 4.79 Å². The smallest absolute Gasteiger partial charge is 0.242 e. The van der Waals surface area contributed by atoms with Crippen molar-refractivity contribution in [3.63, 3.8) is 0 Å². The highest BCUT2D eigenvalue weighted by atomic mass is 35.5. The zero-order valence-electron chi connectivity index (χ0n) is 8.03. The van der Waals surface area contributed by atoms with Crippen molar-refractivity contribution in [3.05, 3.63) is 17.4 Å². The Kier molecular flexibility index (Phi) is 3.01. The number of aromatic nitrogens is 2. The van der Waals surface area contributed by atoms with E-state index in [2.05, 4.69) is 20.6 Å². The summed E-state index contributed by atoms with van der Waals surface area (Å²) in [7, 11) is 0. The topological polar surface area (TPSA) is 66.9 Å². The van der Waals surface area contributed by atoms with Crippen molar-refractivity contribution in [2.75, 3.05) is 11.9 Å². The zero-order chi connectivity index (χ0) is 10.7. The maximum absolute atomic E-state index is 11.4. The zero-order valence-corrected chi connectivity index (χ0v) is 8.79. The van der Waals surface area contributed by atoms with E-state index < -0.39 is 0 Å². The Morgan fingerprint density at radius 2 is 2.20 bits per heavy atom. The van der Waals surface area contributed by atoms with Gasteiger partial charge < -0.3 is 10.6 Å². The van der Waals surface area contributed by atoms with Crippen molar-refractivity contribution in [2.24, 2.45) is 0 Å². The summed E-state index contributed by atoms with van der Waals surface area (Å²) in [6.45, 7) is 0.749. The molecule has 0 aromatic carbocycles. The Bertz CT molecular complexity index is 354. The van der Waals surface area contributed by atoms with Crippen LogP contribution in [0.5, 0.6) is 0 Å². The summed E-state index contributed by atoms with van der Waals surface area (Å²) in [6, 6.07) is -0.236. The molecule has 0 spiro atoms. The molecule has 0 aliphatic carbocycles. The standard InChI is InChI=1S/C9H11ClN4O/c10-6-4-12-9(13-5-6)14-7-2-1-3-11-8(7)15/h4-5,7H,1-3H2,(H,11,15)(H,12,13,14). The van der Waals surface area contributed by atoms with Gasteiger partial charge in [0.2, 0.25) is 11.9 Å². The Morgan fingerprint density at radius 3 is 2.87 bits per heavy atom. The molecule has 6 heteroatoms. The minimum atomic E-state index is -0.236. The molecule has 1 unspecified atom stereocenters. The van der Waals surface area contributed by atoms with Crippen LogP contribution in [0, 0.1) is 0 Å². The first-order valence-electron chi connectivity index (χ1n) is 4.77. The maximum Gasteiger partial charge on any atom is 0.242 e. The van der Waals surface area contributed by atoms with E-state index in [1.165, 1.54) is 12.4 Å². The summed E-state index contributed by atoms with van der Waals surface area (Å²) < 4.78 is 0. The Balaban J connectivity index is 2.01. The number of halogens is 1. The number of amides is 1. The number of carbonyl (C=O) groups excluding carboxylic acids is 1. The van der Waals surface area contributed by atoms with E-state index in [0.717, 1.165) is 19.4 Å². The van der Waals surface area contributed by atoms with Crippen LogP contribution in [0.2, 0.25) is 5.02 Å². The SMILES string of the molecule is O=C1NCCCC1Nc1ncc(Cl)cn1. The van der Waals surface area contributed by atoms with Gasteiger partial charge in [0.25, 0.3) is 0 Å². The van der Waals surface area contributed by atoms with Gasteiger partial charge in [-0.2, -0.15) is 0 Å². The van der Waals surface area contributed by atoms with Gasteiger partial charge >= 0.3 is 0 Å². The molecule has 1 atom stereocenters. The number of carbonyl (C=O) groups is 1. The van der Waals surface area contributed by atoms with Crippen LogP contribution in [0.3, 0.4) is 0 Å². The van der Waals surface area contributed by atoms with Gasteiger partial charge in [-0.15, -0.1) is 0 Å². The lowest BCUT2D eigenvalue weighted by atomic mass is 10.1. The van der Waals surface area contributed by atoms with Crippen molar-refractivity contribution in [2.45, 2.75) is 18.9 Å². The third kappa shape index (κ3) is 2.56. The molecule has 1 fully saturated rings. The predicted molar refractivity (Wildman–Crippen MR) is 56.7 cm³/mol. The number of rotatable bonds is 2. The number of nitrogens with zero attached hydrogens (tertiary/aromatic N) is 2. The molecule has 1 aromatic rings. The second-order valence-corrected chi connectivity index (χ2v) is 3.79. The van der Waals surface area contributed by atoms with Crippen LogP contribution in [0.1, 0.15) is 12.8 Å². The molecule has 1 saturated heterocycles. The summed E-state index contributed by atoms with van der Waals surface area (Å²) in [5, 5.41) is 6.23. The number of nitrogens with one attached hydrogen (secondary N) is 2. The molecule has 5 nitrogen and oxygen atoms in total. The first-order valence-corrected chi connectivity index (χ1v) is 5.15. The molecule has 2 heterocycles. The fourth-order valence-corrected chi connectivity index (χ4v) is 1.55. The molecule has 2 rings (SSSR count). The van der Waals surface area contributed by atoms with E-state index in [1.54, 1.807) is 0 Å². The average molecular weight is 227 g/mol. The highest BCUT2D eigenvalue weighted by Gasteiger charge is 2.22. The van der Waals surface area contributed by atoms with Gasteiger partial charge in [0.15, 0.2) is 0 Å². The van der Waals surface area contributed by atoms with E-state index in [-0.39, 0.29) is 11.9 Å². The largest absolute Gasteiger partial charge is 0.354 e. The quantitative estimate of drug-likeness (QED) is 0.784. The van der Waals surface area contributed by atoms with Crippen LogP contribution >= 0.6 is 11.6 Å². The normalized spacial score (nSPS) is 20.9. The van der Waals surface area contributed by atoms with Crippen molar-refractivity contribution in [1.29, 1.82) is 0 Å². The molecule has 0 radical (unpaired) electrons. The fourth-order valence-electron chi connectivity index (χ4n) is 1.45. The van der Waals surface area contributed by atoms with Crippen LogP contribution in [-0.4, -0.2) is 28.5 Å². The summed E-state index contributed by atoms with van der Waals surface area (Å²) in [5.41, 5.74) is 0. The third-order valence-electron chi connectivity index (χ3n) is 2.21. The van der Waals surface area contributed by atoms with Crippen molar-refractivity contribution >= 4 is 23.5 Å². The van der Waals surface area contributed by atoms with Crippen LogP contribution in [0.25, 0.3) is 0 Å². The van der Waals surface area contributed by atoms with Gasteiger partial charge in [-0.25, -0.2) is 9.97 Å². The van der Waals surface area contributed by atoms with Gasteiger partial charge in [-0.1, -0.05) is 11.6 Å². The van der Waals surface area contributed by atoms with Crippen LogP contribution in [0.4, 0.5) is 5.95 Å². The number of piperidine rings is 1. The third-order valence-corrected chi connectivity index (χ3v) is 2.40. The van der Waals surface area contributed by atoms with Crippen LogP contribution < -0.4 is 10.6 Å². The van der Waals surface area contributed by atoms with Gasteiger partial charge in [0, 0.05) is 6.54 Å². The van der Waals surface area contributed by atoms with Gasteiger partial charge in [0.1, 0.15) is 6.04 Å². The van der Waals surface area contributed by atoms with E-state index >= 15 is 0 Å². The molecule has 0 bridgehead atoms. The lowest BCUT2D eigenvalue weighted by molar-refractivity contribution is -0.123. The highest BCUT2D eigenvalue weighted by Crippen LogP contribution is 2.10. The summed E-state index contributed by atoms with van der Waals surface area (Å²) in [5.74, 6) is 0.432. The fraction of sp³-hybridized carbons (Fsp3) is 0.444. The van der Waals surface area contributed by atoms with E-state index in [1.807, 2.05) is 0 Å². The lowest BCUT2D eigenvalue weighted by Crippen LogP contribution is -2.44. The molecule has 1 aliphatic heterocycles. The summed E-state index contributed by atoms with van der Waals surface area (Å²) in [4.78, 5) is 19.4. The molecule has 1 amide bonds. The minimum Gasteiger partial charge on any atom is -0.354 e. The molecule has 1 aliphatic rings. The average Bonchev–Trinajstić information content (AvgIpc) is 2.25. The predicted octanol–water partition coefficient (Wildman–Crippen LogP) is 0.820. The van der Waals surface area contributed by atoms with Gasteiger partial charge in [-0.05, 0) is 12.8 Å². The van der Waals surface area contributed by atoms with E-state index in [0.29, 0.717) is 11.0 Å². The molecule has 15 heavy (non-hydrogen) atoms. The number of anilines is 1. The van der Waals surface area contributed by atoms with Crippen LogP contribution in [0.15, 0.2) is 12.4 Å². The van der Waals surface area contributed by atoms with E-state index in [9.17, 15) is 4.79 Å². The highest BCUT2D eigenvalue weighted by molar-refractivity contribution is 6.30. The number of hydrogen-bond acceptors (Lipinski definition) is 4.